The van der Waals surface area contributed by atoms with Gasteiger partial charge in [-0.15, -0.1) is 5.10 Å². The van der Waals surface area contributed by atoms with E-state index in [4.69, 9.17) is 5.73 Å². The summed E-state index contributed by atoms with van der Waals surface area (Å²) in [7, 11) is 1.67. The quantitative estimate of drug-likeness (QED) is 0.762. The number of halogens is 1. The number of nitrogen functional groups attached to an aromatic ring is 1. The van der Waals surface area contributed by atoms with Crippen molar-refractivity contribution in [1.82, 2.24) is 25.3 Å². The molecule has 0 atom stereocenters. The highest BCUT2D eigenvalue weighted by molar-refractivity contribution is 6.09. The number of aryl methyl sites for hydroxylation is 1. The maximum Gasteiger partial charge on any atom is 0.272 e. The molecule has 1 amide bonds. The third kappa shape index (κ3) is 2.55. The van der Waals surface area contributed by atoms with Gasteiger partial charge in [0, 0.05) is 36.1 Å². The number of benzene rings is 1. The van der Waals surface area contributed by atoms with E-state index in [1.165, 1.54) is 23.1 Å². The van der Waals surface area contributed by atoms with Crippen molar-refractivity contribution in [2.75, 3.05) is 12.3 Å². The Kier molecular flexibility index (Phi) is 4.11. The summed E-state index contributed by atoms with van der Waals surface area (Å²) in [5.41, 5.74) is 7.28. The van der Waals surface area contributed by atoms with Crippen LogP contribution in [0.1, 0.15) is 23.8 Å². The number of pyridine rings is 1. The molecular formula is C16H17FN6O. The summed E-state index contributed by atoms with van der Waals surface area (Å²) in [6, 6.07) is 2.86. The monoisotopic (exact) mass is 328 g/mol. The van der Waals surface area contributed by atoms with Crippen molar-refractivity contribution in [1.29, 1.82) is 0 Å². The van der Waals surface area contributed by atoms with Gasteiger partial charge in [-0.05, 0) is 18.6 Å². The number of nitrogens with two attached hydrogens (primary N) is 1. The normalized spacial score (nSPS) is 11.0. The van der Waals surface area contributed by atoms with Gasteiger partial charge in [0.05, 0.1) is 17.6 Å². The molecule has 0 fully saturated rings. The maximum atomic E-state index is 14.4. The van der Waals surface area contributed by atoms with Crippen LogP contribution >= 0.6 is 0 Å². The molecule has 0 radical (unpaired) electrons. The van der Waals surface area contributed by atoms with Gasteiger partial charge in [-0.1, -0.05) is 12.1 Å². The van der Waals surface area contributed by atoms with Crippen molar-refractivity contribution in [2.45, 2.75) is 13.3 Å². The van der Waals surface area contributed by atoms with Crippen LogP contribution in [0.2, 0.25) is 0 Å². The molecule has 0 bridgehead atoms. The van der Waals surface area contributed by atoms with Crippen LogP contribution in [0.3, 0.4) is 0 Å². The first kappa shape index (κ1) is 15.9. The van der Waals surface area contributed by atoms with E-state index in [2.05, 4.69) is 20.6 Å². The molecule has 2 aromatic heterocycles. The zero-order chi connectivity index (χ0) is 17.3. The SMILES string of the molecule is CCCNC(=O)c1ncc2c(-c3cnnn3C)c(F)ccc2c1N. The zero-order valence-corrected chi connectivity index (χ0v) is 13.4. The number of anilines is 1. The standard InChI is InChI=1S/C16H17FN6O/c1-3-6-19-16(24)15-14(18)9-4-5-11(17)13(10(9)7-20-15)12-8-21-22-23(12)2/h4-5,7-8H,3,6,18H2,1-2H3,(H,19,24). The summed E-state index contributed by atoms with van der Waals surface area (Å²) in [5.74, 6) is -0.776. The van der Waals surface area contributed by atoms with Gasteiger partial charge in [0.1, 0.15) is 5.82 Å². The number of aromatic nitrogens is 4. The summed E-state index contributed by atoms with van der Waals surface area (Å²) in [6.07, 6.45) is 3.73. The second-order valence-corrected chi connectivity index (χ2v) is 5.40. The highest BCUT2D eigenvalue weighted by atomic mass is 19.1. The van der Waals surface area contributed by atoms with Crippen LogP contribution in [-0.4, -0.2) is 32.4 Å². The molecule has 3 rings (SSSR count). The topological polar surface area (TPSA) is 98.7 Å². The molecule has 0 saturated heterocycles. The van der Waals surface area contributed by atoms with E-state index < -0.39 is 5.82 Å². The van der Waals surface area contributed by atoms with Crippen LogP contribution in [0.4, 0.5) is 10.1 Å². The number of hydrogen-bond acceptors (Lipinski definition) is 5. The highest BCUT2D eigenvalue weighted by Gasteiger charge is 2.19. The highest BCUT2D eigenvalue weighted by Crippen LogP contribution is 2.33. The van der Waals surface area contributed by atoms with Crippen molar-refractivity contribution in [3.05, 3.63) is 36.0 Å². The fourth-order valence-electron chi connectivity index (χ4n) is 2.57. The van der Waals surface area contributed by atoms with Crippen molar-refractivity contribution in [2.24, 2.45) is 7.05 Å². The van der Waals surface area contributed by atoms with Crippen LogP contribution in [-0.2, 0) is 7.05 Å². The minimum atomic E-state index is -0.433. The molecule has 0 aliphatic rings. The van der Waals surface area contributed by atoms with Crippen LogP contribution in [0.5, 0.6) is 0 Å². The molecule has 8 heteroatoms. The van der Waals surface area contributed by atoms with Crippen LogP contribution in [0.25, 0.3) is 22.0 Å². The van der Waals surface area contributed by atoms with Gasteiger partial charge in [0.25, 0.3) is 5.91 Å². The molecule has 7 nitrogen and oxygen atoms in total. The number of amides is 1. The number of nitrogens with zero attached hydrogens (tertiary/aromatic N) is 4. The second-order valence-electron chi connectivity index (χ2n) is 5.40. The van der Waals surface area contributed by atoms with Gasteiger partial charge in [0.15, 0.2) is 5.69 Å². The summed E-state index contributed by atoms with van der Waals surface area (Å²) in [6.45, 7) is 2.49. The molecule has 1 aromatic carbocycles. The minimum Gasteiger partial charge on any atom is -0.396 e. The fourth-order valence-corrected chi connectivity index (χ4v) is 2.57. The number of rotatable bonds is 4. The summed E-state index contributed by atoms with van der Waals surface area (Å²) in [5, 5.41) is 11.4. The Bertz CT molecular complexity index is 920. The molecule has 0 unspecified atom stereocenters. The van der Waals surface area contributed by atoms with Crippen molar-refractivity contribution in [3.8, 4) is 11.3 Å². The maximum absolute atomic E-state index is 14.4. The lowest BCUT2D eigenvalue weighted by Gasteiger charge is -2.12. The lowest BCUT2D eigenvalue weighted by Crippen LogP contribution is -2.26. The Morgan fingerprint density at radius 3 is 2.79 bits per heavy atom. The van der Waals surface area contributed by atoms with Gasteiger partial charge >= 0.3 is 0 Å². The van der Waals surface area contributed by atoms with E-state index in [9.17, 15) is 9.18 Å². The Morgan fingerprint density at radius 2 is 2.12 bits per heavy atom. The predicted molar refractivity (Wildman–Crippen MR) is 88.7 cm³/mol. The number of fused-ring (bicyclic) bond motifs is 1. The number of hydrogen-bond donors (Lipinski definition) is 2. The van der Waals surface area contributed by atoms with Gasteiger partial charge in [-0.3, -0.25) is 4.79 Å². The third-order valence-corrected chi connectivity index (χ3v) is 3.78. The van der Waals surface area contributed by atoms with E-state index in [0.29, 0.717) is 28.6 Å². The Balaban J connectivity index is 2.19. The molecule has 0 aliphatic carbocycles. The Labute approximate surface area is 137 Å². The first-order valence-electron chi connectivity index (χ1n) is 7.54. The Hall–Kier alpha value is -3.03. The average Bonchev–Trinajstić information content (AvgIpc) is 2.98. The second kappa shape index (κ2) is 6.23. The van der Waals surface area contributed by atoms with E-state index in [-0.39, 0.29) is 17.3 Å². The minimum absolute atomic E-state index is 0.136. The predicted octanol–water partition coefficient (Wildman–Crippen LogP) is 1.89. The van der Waals surface area contributed by atoms with Gasteiger partial charge in [0.2, 0.25) is 0 Å². The molecule has 0 aliphatic heterocycles. The third-order valence-electron chi connectivity index (χ3n) is 3.78. The van der Waals surface area contributed by atoms with Gasteiger partial charge < -0.3 is 11.1 Å². The number of carbonyl (C=O) groups excluding carboxylic acids is 1. The smallest absolute Gasteiger partial charge is 0.272 e. The number of carbonyl (C=O) groups is 1. The molecule has 0 saturated carbocycles. The lowest BCUT2D eigenvalue weighted by molar-refractivity contribution is 0.0950. The van der Waals surface area contributed by atoms with E-state index in [1.807, 2.05) is 6.92 Å². The van der Waals surface area contributed by atoms with Gasteiger partial charge in [-0.2, -0.15) is 0 Å². The molecule has 2 heterocycles. The summed E-state index contributed by atoms with van der Waals surface area (Å²) >= 11 is 0. The molecule has 124 valence electrons. The van der Waals surface area contributed by atoms with E-state index in [0.717, 1.165) is 6.42 Å². The zero-order valence-electron chi connectivity index (χ0n) is 13.4. The van der Waals surface area contributed by atoms with Crippen LogP contribution in [0.15, 0.2) is 24.5 Å². The largest absolute Gasteiger partial charge is 0.396 e. The lowest BCUT2D eigenvalue weighted by atomic mass is 10.0. The summed E-state index contributed by atoms with van der Waals surface area (Å²) in [4.78, 5) is 16.3. The van der Waals surface area contributed by atoms with Crippen molar-refractivity contribution >= 4 is 22.4 Å². The van der Waals surface area contributed by atoms with Crippen molar-refractivity contribution < 1.29 is 9.18 Å². The van der Waals surface area contributed by atoms with Gasteiger partial charge in [-0.25, -0.2) is 14.1 Å². The first-order chi connectivity index (χ1) is 11.5. The molecule has 3 aromatic rings. The van der Waals surface area contributed by atoms with E-state index in [1.54, 1.807) is 13.1 Å². The summed E-state index contributed by atoms with van der Waals surface area (Å²) < 4.78 is 15.9. The Morgan fingerprint density at radius 1 is 1.33 bits per heavy atom. The van der Waals surface area contributed by atoms with Crippen LogP contribution in [0, 0.1) is 5.82 Å². The number of nitrogens with one attached hydrogen (secondary N) is 1. The first-order valence-corrected chi connectivity index (χ1v) is 7.54. The average molecular weight is 328 g/mol. The molecule has 3 N–H and O–H groups in total. The van der Waals surface area contributed by atoms with Crippen molar-refractivity contribution in [3.63, 3.8) is 0 Å². The molecule has 24 heavy (non-hydrogen) atoms. The molecule has 0 spiro atoms. The van der Waals surface area contributed by atoms with Crippen LogP contribution < -0.4 is 11.1 Å². The van der Waals surface area contributed by atoms with E-state index >= 15 is 0 Å². The molecular weight excluding hydrogens is 311 g/mol. The fraction of sp³-hybridized carbons (Fsp3) is 0.250.